The molecule has 1 N–H and O–H groups in total. The van der Waals surface area contributed by atoms with E-state index in [0.717, 1.165) is 6.42 Å². The van der Waals surface area contributed by atoms with Crippen molar-refractivity contribution in [2.24, 2.45) is 5.92 Å². The summed E-state index contributed by atoms with van der Waals surface area (Å²) in [6, 6.07) is 5.37. The van der Waals surface area contributed by atoms with Gasteiger partial charge in [-0.3, -0.25) is 10.1 Å². The molecule has 0 bridgehead atoms. The molecule has 1 aromatic carbocycles. The van der Waals surface area contributed by atoms with Crippen LogP contribution in [0.3, 0.4) is 0 Å². The highest BCUT2D eigenvalue weighted by atomic mass is 16.6. The molecule has 0 aromatic heterocycles. The molecule has 1 aliphatic rings. The molecule has 1 fully saturated rings. The van der Waals surface area contributed by atoms with Crippen molar-refractivity contribution in [3.63, 3.8) is 0 Å². The van der Waals surface area contributed by atoms with Gasteiger partial charge in [-0.25, -0.2) is 0 Å². The van der Waals surface area contributed by atoms with Crippen LogP contribution in [0.4, 0.5) is 11.4 Å². The number of benzene rings is 1. The molecule has 116 valence electrons. The SMILES string of the molecule is CC1CCCCC1N(C)c1ccc([C@@H](C)O)cc1[N+](=O)[O-]. The Balaban J connectivity index is 2.35. The van der Waals surface area contributed by atoms with Gasteiger partial charge in [0.05, 0.1) is 11.0 Å². The molecule has 5 heteroatoms. The van der Waals surface area contributed by atoms with E-state index in [4.69, 9.17) is 0 Å². The van der Waals surface area contributed by atoms with E-state index in [0.29, 0.717) is 23.2 Å². The molecule has 3 atom stereocenters. The number of aliphatic hydroxyl groups is 1. The van der Waals surface area contributed by atoms with E-state index in [1.54, 1.807) is 19.1 Å². The third kappa shape index (κ3) is 3.35. The quantitative estimate of drug-likeness (QED) is 0.679. The van der Waals surface area contributed by atoms with E-state index in [1.165, 1.54) is 25.3 Å². The molecular weight excluding hydrogens is 268 g/mol. The summed E-state index contributed by atoms with van der Waals surface area (Å²) in [6.45, 7) is 3.84. The number of hydrogen-bond donors (Lipinski definition) is 1. The Morgan fingerprint density at radius 1 is 1.38 bits per heavy atom. The van der Waals surface area contributed by atoms with Crippen molar-refractivity contribution in [1.82, 2.24) is 0 Å². The van der Waals surface area contributed by atoms with Gasteiger partial charge in [-0.15, -0.1) is 0 Å². The van der Waals surface area contributed by atoms with Gasteiger partial charge in [0.2, 0.25) is 0 Å². The second-order valence-corrected chi connectivity index (χ2v) is 6.12. The Hall–Kier alpha value is -1.62. The van der Waals surface area contributed by atoms with Crippen LogP contribution in [-0.2, 0) is 0 Å². The van der Waals surface area contributed by atoms with E-state index < -0.39 is 6.10 Å². The molecule has 0 amide bonds. The Kier molecular flexibility index (Phi) is 4.83. The number of rotatable bonds is 4. The number of hydrogen-bond acceptors (Lipinski definition) is 4. The molecule has 0 radical (unpaired) electrons. The summed E-state index contributed by atoms with van der Waals surface area (Å²) in [6.07, 6.45) is 3.98. The van der Waals surface area contributed by atoms with Gasteiger partial charge in [0.15, 0.2) is 0 Å². The number of nitro benzene ring substituents is 1. The van der Waals surface area contributed by atoms with Gasteiger partial charge in [-0.1, -0.05) is 25.8 Å². The zero-order chi connectivity index (χ0) is 15.6. The number of anilines is 1. The lowest BCUT2D eigenvalue weighted by atomic mass is 9.85. The van der Waals surface area contributed by atoms with Crippen LogP contribution < -0.4 is 4.90 Å². The average molecular weight is 292 g/mol. The normalized spacial score (nSPS) is 23.6. The Morgan fingerprint density at radius 2 is 2.05 bits per heavy atom. The molecule has 2 rings (SSSR count). The second-order valence-electron chi connectivity index (χ2n) is 6.12. The van der Waals surface area contributed by atoms with Crippen molar-refractivity contribution < 1.29 is 10.0 Å². The van der Waals surface area contributed by atoms with E-state index in [9.17, 15) is 15.2 Å². The van der Waals surface area contributed by atoms with Crippen molar-refractivity contribution in [1.29, 1.82) is 0 Å². The number of nitrogens with zero attached hydrogens (tertiary/aromatic N) is 2. The van der Waals surface area contributed by atoms with Crippen LogP contribution >= 0.6 is 0 Å². The largest absolute Gasteiger partial charge is 0.389 e. The maximum Gasteiger partial charge on any atom is 0.292 e. The van der Waals surface area contributed by atoms with Crippen molar-refractivity contribution in [2.45, 2.75) is 51.7 Å². The predicted molar refractivity (Wildman–Crippen MR) is 83.6 cm³/mol. The lowest BCUT2D eigenvalue weighted by Gasteiger charge is -2.37. The van der Waals surface area contributed by atoms with Crippen molar-refractivity contribution in [3.8, 4) is 0 Å². The molecule has 5 nitrogen and oxygen atoms in total. The minimum absolute atomic E-state index is 0.0775. The molecular formula is C16H24N2O3. The summed E-state index contributed by atoms with van der Waals surface area (Å²) in [5, 5.41) is 21.0. The van der Waals surface area contributed by atoms with Crippen LogP contribution in [0.2, 0.25) is 0 Å². The molecule has 1 aromatic rings. The van der Waals surface area contributed by atoms with E-state index in [1.807, 2.05) is 11.9 Å². The number of nitro groups is 1. The highest BCUT2D eigenvalue weighted by molar-refractivity contribution is 5.64. The average Bonchev–Trinajstić information content (AvgIpc) is 2.46. The fraction of sp³-hybridized carbons (Fsp3) is 0.625. The maximum absolute atomic E-state index is 11.4. The Labute approximate surface area is 125 Å². The van der Waals surface area contributed by atoms with E-state index >= 15 is 0 Å². The topological polar surface area (TPSA) is 66.6 Å². The zero-order valence-electron chi connectivity index (χ0n) is 13.0. The lowest BCUT2D eigenvalue weighted by Crippen LogP contribution is -2.39. The highest BCUT2D eigenvalue weighted by Gasteiger charge is 2.29. The van der Waals surface area contributed by atoms with Gasteiger partial charge < -0.3 is 10.0 Å². The molecule has 2 unspecified atom stereocenters. The predicted octanol–water partition coefficient (Wildman–Crippen LogP) is 3.66. The summed E-state index contributed by atoms with van der Waals surface area (Å²) in [4.78, 5) is 13.1. The first-order valence-corrected chi connectivity index (χ1v) is 7.61. The Morgan fingerprint density at radius 3 is 2.62 bits per heavy atom. The third-order valence-corrected chi connectivity index (χ3v) is 4.62. The van der Waals surface area contributed by atoms with Crippen molar-refractivity contribution >= 4 is 11.4 Å². The fourth-order valence-electron chi connectivity index (χ4n) is 3.30. The van der Waals surface area contributed by atoms with Gasteiger partial charge in [0.1, 0.15) is 5.69 Å². The van der Waals surface area contributed by atoms with Gasteiger partial charge in [-0.05, 0) is 37.3 Å². The lowest BCUT2D eigenvalue weighted by molar-refractivity contribution is -0.384. The van der Waals surface area contributed by atoms with Crippen LogP contribution in [0.15, 0.2) is 18.2 Å². The summed E-state index contributed by atoms with van der Waals surface area (Å²) >= 11 is 0. The van der Waals surface area contributed by atoms with Crippen LogP contribution in [0, 0.1) is 16.0 Å². The van der Waals surface area contributed by atoms with Gasteiger partial charge in [0, 0.05) is 19.2 Å². The second kappa shape index (κ2) is 6.43. The monoisotopic (exact) mass is 292 g/mol. The molecule has 1 saturated carbocycles. The van der Waals surface area contributed by atoms with Gasteiger partial charge in [0.25, 0.3) is 5.69 Å². The summed E-state index contributed by atoms with van der Waals surface area (Å²) in [7, 11) is 1.94. The van der Waals surface area contributed by atoms with Crippen molar-refractivity contribution in [3.05, 3.63) is 33.9 Å². The van der Waals surface area contributed by atoms with Crippen LogP contribution in [-0.4, -0.2) is 23.1 Å². The molecule has 0 heterocycles. The van der Waals surface area contributed by atoms with Gasteiger partial charge in [-0.2, -0.15) is 0 Å². The third-order valence-electron chi connectivity index (χ3n) is 4.62. The van der Waals surface area contributed by atoms with Crippen LogP contribution in [0.1, 0.15) is 51.2 Å². The molecule has 21 heavy (non-hydrogen) atoms. The first-order valence-electron chi connectivity index (χ1n) is 7.61. The Bertz CT molecular complexity index is 516. The van der Waals surface area contributed by atoms with Crippen LogP contribution in [0.25, 0.3) is 0 Å². The minimum Gasteiger partial charge on any atom is -0.389 e. The molecule has 0 saturated heterocycles. The zero-order valence-corrected chi connectivity index (χ0v) is 13.0. The summed E-state index contributed by atoms with van der Waals surface area (Å²) in [5.74, 6) is 0.541. The number of aliphatic hydroxyl groups excluding tert-OH is 1. The summed E-state index contributed by atoms with van der Waals surface area (Å²) < 4.78 is 0. The van der Waals surface area contributed by atoms with E-state index in [-0.39, 0.29) is 10.6 Å². The minimum atomic E-state index is -0.698. The highest BCUT2D eigenvalue weighted by Crippen LogP contribution is 2.36. The van der Waals surface area contributed by atoms with Crippen molar-refractivity contribution in [2.75, 3.05) is 11.9 Å². The first kappa shape index (κ1) is 15.8. The smallest absolute Gasteiger partial charge is 0.292 e. The molecule has 0 spiro atoms. The van der Waals surface area contributed by atoms with Crippen LogP contribution in [0.5, 0.6) is 0 Å². The first-order chi connectivity index (χ1) is 9.91. The standard InChI is InChI=1S/C16H24N2O3/c1-11-6-4-5-7-14(11)17(3)15-9-8-13(12(2)19)10-16(15)18(20)21/h8-12,14,19H,4-7H2,1-3H3/t11?,12-,14?/m1/s1. The van der Waals surface area contributed by atoms with E-state index in [2.05, 4.69) is 6.92 Å². The fourth-order valence-corrected chi connectivity index (χ4v) is 3.30. The maximum atomic E-state index is 11.4. The van der Waals surface area contributed by atoms with Gasteiger partial charge >= 0.3 is 0 Å². The molecule has 1 aliphatic carbocycles. The summed E-state index contributed by atoms with van der Waals surface area (Å²) in [5.41, 5.74) is 1.30. The molecule has 0 aliphatic heterocycles.